The highest BCUT2D eigenvalue weighted by molar-refractivity contribution is 5.77. The summed E-state index contributed by atoms with van der Waals surface area (Å²) in [4.78, 5) is 27.1. The fourth-order valence-electron chi connectivity index (χ4n) is 3.18. The van der Waals surface area contributed by atoms with Crippen molar-refractivity contribution >= 4 is 11.0 Å². The van der Waals surface area contributed by atoms with Gasteiger partial charge in [0.05, 0.1) is 18.1 Å². The number of fused-ring (bicyclic) bond motifs is 1. The lowest BCUT2D eigenvalue weighted by molar-refractivity contribution is 0.221. The molecule has 1 saturated heterocycles. The van der Waals surface area contributed by atoms with Gasteiger partial charge < -0.3 is 14.2 Å². The Morgan fingerprint density at radius 3 is 2.36 bits per heavy atom. The van der Waals surface area contributed by atoms with Crippen LogP contribution in [0.15, 0.2) is 27.8 Å². The maximum atomic E-state index is 12.5. The van der Waals surface area contributed by atoms with E-state index < -0.39 is 11.1 Å². The van der Waals surface area contributed by atoms with Crippen molar-refractivity contribution in [1.82, 2.24) is 14.0 Å². The van der Waals surface area contributed by atoms with Crippen molar-refractivity contribution in [3.63, 3.8) is 0 Å². The molecule has 118 valence electrons. The summed E-state index contributed by atoms with van der Waals surface area (Å²) in [7, 11) is 5.29. The molecule has 1 aliphatic rings. The molecule has 2 aromatic rings. The molecule has 1 aromatic carbocycles. The molecule has 6 heteroatoms. The first kappa shape index (κ1) is 14.8. The zero-order valence-electron chi connectivity index (χ0n) is 13.2. The predicted octanol–water partition coefficient (Wildman–Crippen LogP) is 0.976. The third-order valence-corrected chi connectivity index (χ3v) is 4.56. The van der Waals surface area contributed by atoms with Crippen LogP contribution in [-0.4, -0.2) is 41.3 Å². The van der Waals surface area contributed by atoms with E-state index in [0.29, 0.717) is 5.75 Å². The van der Waals surface area contributed by atoms with Gasteiger partial charge in [0, 0.05) is 19.2 Å². The summed E-state index contributed by atoms with van der Waals surface area (Å²) < 4.78 is 8.33. The molecule has 3 rings (SSSR count). The minimum absolute atomic E-state index is 0.0773. The highest BCUT2D eigenvalue weighted by Crippen LogP contribution is 2.25. The summed E-state index contributed by atoms with van der Waals surface area (Å²) in [6, 6.07) is 5.58. The number of hydrogen-bond donors (Lipinski definition) is 0. The first-order valence-electron chi connectivity index (χ1n) is 7.50. The molecule has 0 N–H and O–H groups in total. The molecule has 1 aliphatic heterocycles. The van der Waals surface area contributed by atoms with Crippen LogP contribution in [0, 0.1) is 0 Å². The van der Waals surface area contributed by atoms with Gasteiger partial charge in [-0.05, 0) is 45.1 Å². The minimum Gasteiger partial charge on any atom is -0.497 e. The Kier molecular flexibility index (Phi) is 3.78. The number of aryl methyl sites for hydroxylation is 1. The molecule has 0 spiro atoms. The van der Waals surface area contributed by atoms with Gasteiger partial charge >= 0.3 is 11.1 Å². The van der Waals surface area contributed by atoms with E-state index in [9.17, 15) is 9.59 Å². The first-order valence-corrected chi connectivity index (χ1v) is 7.50. The number of likely N-dealkylation sites (tertiary alicyclic amines) is 1. The molecule has 1 fully saturated rings. The van der Waals surface area contributed by atoms with Crippen molar-refractivity contribution in [2.45, 2.75) is 18.9 Å². The first-order chi connectivity index (χ1) is 10.5. The number of ether oxygens (including phenoxy) is 1. The SMILES string of the molecule is COc1ccc2c(c1)n(C)c(=O)c(=O)n2C1CCN(C)CC1. The Morgan fingerprint density at radius 1 is 1.05 bits per heavy atom. The van der Waals surface area contributed by atoms with Gasteiger partial charge in [-0.1, -0.05) is 0 Å². The lowest BCUT2D eigenvalue weighted by Gasteiger charge is -2.31. The van der Waals surface area contributed by atoms with E-state index >= 15 is 0 Å². The molecule has 0 amide bonds. The summed E-state index contributed by atoms with van der Waals surface area (Å²) in [5.41, 5.74) is 0.597. The van der Waals surface area contributed by atoms with Crippen LogP contribution in [0.5, 0.6) is 5.75 Å². The average Bonchev–Trinajstić information content (AvgIpc) is 2.54. The van der Waals surface area contributed by atoms with Crippen molar-refractivity contribution in [3.05, 3.63) is 38.9 Å². The van der Waals surface area contributed by atoms with Gasteiger partial charge in [0.25, 0.3) is 0 Å². The molecule has 22 heavy (non-hydrogen) atoms. The quantitative estimate of drug-likeness (QED) is 0.776. The number of nitrogens with zero attached hydrogens (tertiary/aromatic N) is 3. The van der Waals surface area contributed by atoms with E-state index in [4.69, 9.17) is 4.74 Å². The third-order valence-electron chi connectivity index (χ3n) is 4.56. The lowest BCUT2D eigenvalue weighted by Crippen LogP contribution is -2.44. The van der Waals surface area contributed by atoms with Gasteiger partial charge in [-0.3, -0.25) is 14.2 Å². The van der Waals surface area contributed by atoms with E-state index in [1.54, 1.807) is 18.7 Å². The molecule has 2 heterocycles. The van der Waals surface area contributed by atoms with Crippen LogP contribution in [0.1, 0.15) is 18.9 Å². The van der Waals surface area contributed by atoms with E-state index in [2.05, 4.69) is 11.9 Å². The van der Waals surface area contributed by atoms with Gasteiger partial charge in [0.15, 0.2) is 0 Å². The summed E-state index contributed by atoms with van der Waals surface area (Å²) >= 11 is 0. The van der Waals surface area contributed by atoms with Crippen LogP contribution in [0.4, 0.5) is 0 Å². The van der Waals surface area contributed by atoms with Crippen LogP contribution >= 0.6 is 0 Å². The van der Waals surface area contributed by atoms with Crippen LogP contribution in [-0.2, 0) is 7.05 Å². The predicted molar refractivity (Wildman–Crippen MR) is 85.8 cm³/mol. The molecule has 6 nitrogen and oxygen atoms in total. The standard InChI is InChI=1S/C16H21N3O3/c1-17-8-6-11(7-9-17)19-13-5-4-12(22-3)10-14(13)18(2)15(20)16(19)21/h4-5,10-11H,6-9H2,1-3H3. The third kappa shape index (κ3) is 2.33. The number of methoxy groups -OCH3 is 1. The van der Waals surface area contributed by atoms with E-state index in [1.807, 2.05) is 18.2 Å². The van der Waals surface area contributed by atoms with Crippen LogP contribution in [0.25, 0.3) is 11.0 Å². The van der Waals surface area contributed by atoms with Crippen molar-refractivity contribution in [3.8, 4) is 5.75 Å². The highest BCUT2D eigenvalue weighted by atomic mass is 16.5. The van der Waals surface area contributed by atoms with Gasteiger partial charge in [0.2, 0.25) is 0 Å². The second-order valence-corrected chi connectivity index (χ2v) is 5.93. The summed E-state index contributed by atoms with van der Waals surface area (Å²) in [5, 5.41) is 0. The number of benzene rings is 1. The molecule has 0 atom stereocenters. The topological polar surface area (TPSA) is 56.5 Å². The molecular weight excluding hydrogens is 282 g/mol. The Morgan fingerprint density at radius 2 is 1.73 bits per heavy atom. The van der Waals surface area contributed by atoms with E-state index in [0.717, 1.165) is 37.0 Å². The summed E-state index contributed by atoms with van der Waals surface area (Å²) in [6.45, 7) is 1.87. The molecule has 1 aromatic heterocycles. The van der Waals surface area contributed by atoms with Crippen LogP contribution in [0.2, 0.25) is 0 Å². The second kappa shape index (κ2) is 5.61. The molecule has 0 bridgehead atoms. The maximum Gasteiger partial charge on any atom is 0.317 e. The zero-order chi connectivity index (χ0) is 15.9. The Balaban J connectivity index is 2.25. The molecule has 0 saturated carbocycles. The Bertz CT molecular complexity index is 814. The Hall–Kier alpha value is -2.08. The number of piperidine rings is 1. The number of rotatable bonds is 2. The average molecular weight is 303 g/mol. The fraction of sp³-hybridized carbons (Fsp3) is 0.500. The van der Waals surface area contributed by atoms with Gasteiger partial charge in [-0.2, -0.15) is 0 Å². The van der Waals surface area contributed by atoms with Gasteiger partial charge in [-0.15, -0.1) is 0 Å². The van der Waals surface area contributed by atoms with Crippen LogP contribution < -0.4 is 15.9 Å². The van der Waals surface area contributed by atoms with E-state index in [-0.39, 0.29) is 6.04 Å². The van der Waals surface area contributed by atoms with E-state index in [1.165, 1.54) is 4.57 Å². The number of hydrogen-bond acceptors (Lipinski definition) is 4. The molecule has 0 unspecified atom stereocenters. The zero-order valence-corrected chi connectivity index (χ0v) is 13.2. The minimum atomic E-state index is -0.486. The molecule has 0 aliphatic carbocycles. The van der Waals surface area contributed by atoms with Crippen molar-refractivity contribution in [2.75, 3.05) is 27.2 Å². The highest BCUT2D eigenvalue weighted by Gasteiger charge is 2.23. The maximum absolute atomic E-state index is 12.5. The normalized spacial score (nSPS) is 17.0. The summed E-state index contributed by atoms with van der Waals surface area (Å²) in [5.74, 6) is 0.677. The molecule has 0 radical (unpaired) electrons. The van der Waals surface area contributed by atoms with Crippen molar-refractivity contribution in [1.29, 1.82) is 0 Å². The second-order valence-electron chi connectivity index (χ2n) is 5.93. The van der Waals surface area contributed by atoms with Gasteiger partial charge in [0.1, 0.15) is 5.75 Å². The van der Waals surface area contributed by atoms with Crippen molar-refractivity contribution in [2.24, 2.45) is 7.05 Å². The summed E-state index contributed by atoms with van der Waals surface area (Å²) in [6.07, 6.45) is 1.76. The fourth-order valence-corrected chi connectivity index (χ4v) is 3.18. The number of aromatic nitrogens is 2. The lowest BCUT2D eigenvalue weighted by atomic mass is 10.0. The van der Waals surface area contributed by atoms with Crippen LogP contribution in [0.3, 0.4) is 0 Å². The smallest absolute Gasteiger partial charge is 0.317 e. The molecular formula is C16H21N3O3. The van der Waals surface area contributed by atoms with Crippen molar-refractivity contribution < 1.29 is 4.74 Å². The largest absolute Gasteiger partial charge is 0.497 e. The Labute approximate surface area is 128 Å². The van der Waals surface area contributed by atoms with Gasteiger partial charge in [-0.25, -0.2) is 0 Å². The monoisotopic (exact) mass is 303 g/mol.